The molecule has 0 aliphatic heterocycles. The molecule has 0 fully saturated rings. The van der Waals surface area contributed by atoms with Crippen LogP contribution >= 0.6 is 11.3 Å². The minimum absolute atomic E-state index is 0.0957. The molecular weight excluding hydrogens is 282 g/mol. The SMILES string of the molecule is Cc1nc(CCn2c(N)nc3c(F)cc(F)cc32)cs1. The fourth-order valence-corrected chi connectivity index (χ4v) is 2.80. The van der Waals surface area contributed by atoms with Gasteiger partial charge in [0.2, 0.25) is 5.95 Å². The standard InChI is InChI=1S/C13H12F2N4S/c1-7-17-9(6-20-7)2-3-19-11-5-8(14)4-10(15)12(11)18-13(19)16/h4-6H,2-3H2,1H3,(H2,16,18). The molecular formula is C13H12F2N4S. The summed E-state index contributed by atoms with van der Waals surface area (Å²) in [5.41, 5.74) is 7.19. The summed E-state index contributed by atoms with van der Waals surface area (Å²) in [5, 5.41) is 2.95. The molecule has 0 aliphatic rings. The van der Waals surface area contributed by atoms with Crippen LogP contribution in [0.25, 0.3) is 11.0 Å². The summed E-state index contributed by atoms with van der Waals surface area (Å²) in [5.74, 6) is -1.16. The summed E-state index contributed by atoms with van der Waals surface area (Å²) in [6.45, 7) is 2.41. The molecule has 0 aliphatic carbocycles. The summed E-state index contributed by atoms with van der Waals surface area (Å²) in [7, 11) is 0. The van der Waals surface area contributed by atoms with E-state index in [9.17, 15) is 8.78 Å². The van der Waals surface area contributed by atoms with Crippen LogP contribution in [0.2, 0.25) is 0 Å². The van der Waals surface area contributed by atoms with Crippen molar-refractivity contribution in [3.8, 4) is 0 Å². The van der Waals surface area contributed by atoms with Crippen LogP contribution in [0.5, 0.6) is 0 Å². The molecule has 1 aromatic carbocycles. The van der Waals surface area contributed by atoms with E-state index in [1.165, 1.54) is 6.07 Å². The number of halogens is 2. The third-order valence-corrected chi connectivity index (χ3v) is 3.88. The first kappa shape index (κ1) is 13.0. The number of anilines is 1. The van der Waals surface area contributed by atoms with Crippen molar-refractivity contribution >= 4 is 28.3 Å². The Hall–Kier alpha value is -2.02. The molecule has 20 heavy (non-hydrogen) atoms. The predicted molar refractivity (Wildman–Crippen MR) is 74.6 cm³/mol. The van der Waals surface area contributed by atoms with Crippen molar-refractivity contribution < 1.29 is 8.78 Å². The lowest BCUT2D eigenvalue weighted by molar-refractivity contribution is 0.589. The zero-order valence-corrected chi connectivity index (χ0v) is 11.5. The van der Waals surface area contributed by atoms with Gasteiger partial charge in [0.25, 0.3) is 0 Å². The molecule has 0 radical (unpaired) electrons. The van der Waals surface area contributed by atoms with E-state index in [1.807, 2.05) is 12.3 Å². The molecule has 0 bridgehead atoms. The van der Waals surface area contributed by atoms with E-state index >= 15 is 0 Å². The summed E-state index contributed by atoms with van der Waals surface area (Å²) >= 11 is 1.57. The maximum atomic E-state index is 13.6. The van der Waals surface area contributed by atoms with Crippen molar-refractivity contribution in [2.24, 2.45) is 0 Å². The van der Waals surface area contributed by atoms with Crippen LogP contribution < -0.4 is 5.73 Å². The highest BCUT2D eigenvalue weighted by atomic mass is 32.1. The molecule has 0 spiro atoms. The first-order chi connectivity index (χ1) is 9.54. The number of imidazole rings is 1. The van der Waals surface area contributed by atoms with Gasteiger partial charge in [-0.25, -0.2) is 18.7 Å². The molecule has 7 heteroatoms. The zero-order chi connectivity index (χ0) is 14.3. The van der Waals surface area contributed by atoms with E-state index in [0.717, 1.165) is 16.8 Å². The summed E-state index contributed by atoms with van der Waals surface area (Å²) in [6, 6.07) is 2.05. The largest absolute Gasteiger partial charge is 0.369 e. The molecule has 2 aromatic heterocycles. The molecule has 2 heterocycles. The number of benzene rings is 1. The first-order valence-electron chi connectivity index (χ1n) is 6.06. The van der Waals surface area contributed by atoms with Gasteiger partial charge in [-0.1, -0.05) is 0 Å². The van der Waals surface area contributed by atoms with Gasteiger partial charge in [0.1, 0.15) is 11.3 Å². The number of nitrogen functional groups attached to an aromatic ring is 1. The molecule has 3 rings (SSSR count). The van der Waals surface area contributed by atoms with Gasteiger partial charge in [0.15, 0.2) is 5.82 Å². The third-order valence-electron chi connectivity index (χ3n) is 3.06. The van der Waals surface area contributed by atoms with Gasteiger partial charge in [-0.2, -0.15) is 0 Å². The number of hydrogen-bond donors (Lipinski definition) is 1. The number of aryl methyl sites for hydroxylation is 3. The van der Waals surface area contributed by atoms with Crippen molar-refractivity contribution in [1.82, 2.24) is 14.5 Å². The molecule has 0 unspecified atom stereocenters. The Kier molecular flexibility index (Phi) is 3.13. The Morgan fingerprint density at radius 2 is 2.10 bits per heavy atom. The maximum Gasteiger partial charge on any atom is 0.201 e. The van der Waals surface area contributed by atoms with Crippen molar-refractivity contribution in [3.63, 3.8) is 0 Å². The lowest BCUT2D eigenvalue weighted by Gasteiger charge is -2.05. The average Bonchev–Trinajstić information content (AvgIpc) is 2.91. The van der Waals surface area contributed by atoms with Gasteiger partial charge < -0.3 is 10.3 Å². The van der Waals surface area contributed by atoms with Gasteiger partial charge in [-0.15, -0.1) is 11.3 Å². The van der Waals surface area contributed by atoms with Crippen LogP contribution in [-0.2, 0) is 13.0 Å². The number of thiazole rings is 1. The topological polar surface area (TPSA) is 56.7 Å². The van der Waals surface area contributed by atoms with Crippen LogP contribution in [0.15, 0.2) is 17.5 Å². The highest BCUT2D eigenvalue weighted by Crippen LogP contribution is 2.22. The summed E-state index contributed by atoms with van der Waals surface area (Å²) < 4.78 is 28.6. The quantitative estimate of drug-likeness (QED) is 0.808. The average molecular weight is 294 g/mol. The van der Waals surface area contributed by atoms with Crippen LogP contribution in [0.3, 0.4) is 0 Å². The smallest absolute Gasteiger partial charge is 0.201 e. The minimum Gasteiger partial charge on any atom is -0.369 e. The molecule has 0 saturated heterocycles. The van der Waals surface area contributed by atoms with Crippen molar-refractivity contribution in [3.05, 3.63) is 39.8 Å². The number of fused-ring (bicyclic) bond motifs is 1. The van der Waals surface area contributed by atoms with E-state index in [4.69, 9.17) is 5.73 Å². The summed E-state index contributed by atoms with van der Waals surface area (Å²) in [4.78, 5) is 8.30. The lowest BCUT2D eigenvalue weighted by atomic mass is 10.2. The van der Waals surface area contributed by atoms with E-state index in [0.29, 0.717) is 18.5 Å². The highest BCUT2D eigenvalue weighted by Gasteiger charge is 2.14. The number of nitrogens with zero attached hydrogens (tertiary/aromatic N) is 3. The Balaban J connectivity index is 1.96. The minimum atomic E-state index is -0.699. The van der Waals surface area contributed by atoms with Crippen LogP contribution in [0.1, 0.15) is 10.7 Å². The van der Waals surface area contributed by atoms with E-state index in [2.05, 4.69) is 9.97 Å². The van der Waals surface area contributed by atoms with E-state index in [-0.39, 0.29) is 11.5 Å². The Morgan fingerprint density at radius 1 is 1.30 bits per heavy atom. The Morgan fingerprint density at radius 3 is 2.80 bits per heavy atom. The van der Waals surface area contributed by atoms with E-state index in [1.54, 1.807) is 15.9 Å². The van der Waals surface area contributed by atoms with Crippen molar-refractivity contribution in [2.45, 2.75) is 19.9 Å². The molecule has 0 saturated carbocycles. The fraction of sp³-hybridized carbons (Fsp3) is 0.231. The zero-order valence-electron chi connectivity index (χ0n) is 10.7. The molecule has 3 aromatic rings. The van der Waals surface area contributed by atoms with Crippen molar-refractivity contribution in [2.75, 3.05) is 5.73 Å². The molecule has 4 nitrogen and oxygen atoms in total. The highest BCUT2D eigenvalue weighted by molar-refractivity contribution is 7.09. The van der Waals surface area contributed by atoms with Gasteiger partial charge >= 0.3 is 0 Å². The number of aromatic nitrogens is 3. The van der Waals surface area contributed by atoms with Gasteiger partial charge in [-0.05, 0) is 6.92 Å². The van der Waals surface area contributed by atoms with Crippen LogP contribution in [0.4, 0.5) is 14.7 Å². The molecule has 0 amide bonds. The van der Waals surface area contributed by atoms with Gasteiger partial charge in [0.05, 0.1) is 16.2 Å². The third kappa shape index (κ3) is 2.24. The van der Waals surface area contributed by atoms with Gasteiger partial charge in [-0.3, -0.25) is 0 Å². The second kappa shape index (κ2) is 4.82. The Bertz CT molecular complexity index is 778. The van der Waals surface area contributed by atoms with Crippen LogP contribution in [-0.4, -0.2) is 14.5 Å². The monoisotopic (exact) mass is 294 g/mol. The Labute approximate surface area is 117 Å². The predicted octanol–water partition coefficient (Wildman–Crippen LogP) is 2.90. The molecule has 2 N–H and O–H groups in total. The first-order valence-corrected chi connectivity index (χ1v) is 6.94. The number of rotatable bonds is 3. The van der Waals surface area contributed by atoms with E-state index < -0.39 is 11.6 Å². The normalized spacial score (nSPS) is 11.3. The maximum absolute atomic E-state index is 13.6. The second-order valence-corrected chi connectivity index (χ2v) is 5.55. The fourth-order valence-electron chi connectivity index (χ4n) is 2.15. The van der Waals surface area contributed by atoms with Gasteiger partial charge in [0, 0.05) is 30.5 Å². The van der Waals surface area contributed by atoms with Crippen LogP contribution in [0, 0.1) is 18.6 Å². The number of nitrogens with two attached hydrogens (primary N) is 1. The lowest BCUT2D eigenvalue weighted by Crippen LogP contribution is -2.06. The second-order valence-electron chi connectivity index (χ2n) is 4.48. The van der Waals surface area contributed by atoms with Crippen molar-refractivity contribution in [1.29, 1.82) is 0 Å². The molecule has 0 atom stereocenters. The number of hydrogen-bond acceptors (Lipinski definition) is 4. The summed E-state index contributed by atoms with van der Waals surface area (Å²) in [6.07, 6.45) is 0.637. The molecule has 104 valence electrons.